The molecule has 27 heavy (non-hydrogen) atoms. The van der Waals surface area contributed by atoms with Gasteiger partial charge in [0.1, 0.15) is 5.82 Å². The molecule has 1 aliphatic carbocycles. The lowest BCUT2D eigenvalue weighted by Gasteiger charge is -2.48. The highest BCUT2D eigenvalue weighted by Crippen LogP contribution is 2.42. The molecule has 4 heteroatoms. The third-order valence-corrected chi connectivity index (χ3v) is 6.26. The summed E-state index contributed by atoms with van der Waals surface area (Å²) in [6.45, 7) is 0. The van der Waals surface area contributed by atoms with Gasteiger partial charge in [0.15, 0.2) is 0 Å². The minimum Gasteiger partial charge on any atom is -0.390 e. The van der Waals surface area contributed by atoms with E-state index in [4.69, 9.17) is 0 Å². The Labute approximate surface area is 168 Å². The number of hydrogen-bond acceptors (Lipinski definition) is 2. The Hall–Kier alpha value is -1.42. The summed E-state index contributed by atoms with van der Waals surface area (Å²) in [5, 5.41) is 11.1. The van der Waals surface area contributed by atoms with Gasteiger partial charge < -0.3 is 10.0 Å². The summed E-state index contributed by atoms with van der Waals surface area (Å²) in [6.07, 6.45) is 5.71. The SMILES string of the molecule is CN(C)C1(Cc2ccccc2F)CCC(O)(CCc2ccccc2)CC1.Cl. The highest BCUT2D eigenvalue weighted by atomic mass is 35.5. The van der Waals surface area contributed by atoms with Gasteiger partial charge in [-0.05, 0) is 76.2 Å². The molecule has 0 spiro atoms. The van der Waals surface area contributed by atoms with Crippen molar-refractivity contribution < 1.29 is 9.50 Å². The standard InChI is InChI=1S/C23H30FNO.ClH/c1-25(2)22(18-20-10-6-7-11-21(20)24)14-16-23(26,17-15-22)13-12-19-8-4-3-5-9-19;/h3-11,26H,12-18H2,1-2H3;1H. The number of aryl methyl sites for hydroxylation is 1. The molecule has 2 aromatic rings. The Morgan fingerprint density at radius 3 is 2.11 bits per heavy atom. The van der Waals surface area contributed by atoms with E-state index >= 15 is 0 Å². The molecule has 0 aliphatic heterocycles. The Kier molecular flexibility index (Phi) is 7.44. The van der Waals surface area contributed by atoms with Crippen LogP contribution >= 0.6 is 12.4 Å². The van der Waals surface area contributed by atoms with Gasteiger partial charge in [0.05, 0.1) is 5.60 Å². The van der Waals surface area contributed by atoms with Crippen LogP contribution in [-0.2, 0) is 12.8 Å². The van der Waals surface area contributed by atoms with Crippen LogP contribution in [0, 0.1) is 5.82 Å². The second-order valence-corrected chi connectivity index (χ2v) is 8.10. The zero-order chi connectivity index (χ0) is 18.6. The molecule has 0 heterocycles. The quantitative estimate of drug-likeness (QED) is 0.746. The van der Waals surface area contributed by atoms with Crippen LogP contribution in [0.1, 0.15) is 43.2 Å². The average Bonchev–Trinajstić information content (AvgIpc) is 2.65. The fourth-order valence-electron chi connectivity index (χ4n) is 4.23. The van der Waals surface area contributed by atoms with Gasteiger partial charge in [-0.3, -0.25) is 0 Å². The molecule has 2 aromatic carbocycles. The fourth-order valence-corrected chi connectivity index (χ4v) is 4.23. The first-order chi connectivity index (χ1) is 12.4. The molecule has 3 rings (SSSR count). The Morgan fingerprint density at radius 2 is 1.52 bits per heavy atom. The van der Waals surface area contributed by atoms with E-state index < -0.39 is 5.60 Å². The van der Waals surface area contributed by atoms with Gasteiger partial charge >= 0.3 is 0 Å². The van der Waals surface area contributed by atoms with Crippen LogP contribution in [0.4, 0.5) is 4.39 Å². The van der Waals surface area contributed by atoms with Crippen LogP contribution < -0.4 is 0 Å². The third kappa shape index (κ3) is 5.31. The molecule has 148 valence electrons. The van der Waals surface area contributed by atoms with Crippen LogP contribution in [0.2, 0.25) is 0 Å². The van der Waals surface area contributed by atoms with Crippen molar-refractivity contribution in [2.75, 3.05) is 14.1 Å². The zero-order valence-corrected chi connectivity index (χ0v) is 17.1. The average molecular weight is 392 g/mol. The maximum Gasteiger partial charge on any atom is 0.126 e. The molecule has 1 N–H and O–H groups in total. The smallest absolute Gasteiger partial charge is 0.126 e. The van der Waals surface area contributed by atoms with Crippen LogP contribution in [0.25, 0.3) is 0 Å². The summed E-state index contributed by atoms with van der Waals surface area (Å²) in [5.41, 5.74) is 1.36. The van der Waals surface area contributed by atoms with E-state index in [-0.39, 0.29) is 23.8 Å². The number of aliphatic hydroxyl groups is 1. The fraction of sp³-hybridized carbons (Fsp3) is 0.478. The van der Waals surface area contributed by atoms with Crippen LogP contribution in [0.15, 0.2) is 54.6 Å². The van der Waals surface area contributed by atoms with Gasteiger partial charge in [-0.2, -0.15) is 0 Å². The van der Waals surface area contributed by atoms with Crippen LogP contribution in [-0.4, -0.2) is 35.2 Å². The van der Waals surface area contributed by atoms with Gasteiger partial charge in [-0.1, -0.05) is 48.5 Å². The molecular formula is C23H31ClFNO. The first-order valence-corrected chi connectivity index (χ1v) is 9.60. The van der Waals surface area contributed by atoms with Crippen molar-refractivity contribution in [2.24, 2.45) is 0 Å². The molecule has 0 radical (unpaired) electrons. The highest BCUT2D eigenvalue weighted by Gasteiger charge is 2.43. The largest absolute Gasteiger partial charge is 0.390 e. The monoisotopic (exact) mass is 391 g/mol. The minimum absolute atomic E-state index is 0. The number of likely N-dealkylation sites (N-methyl/N-ethyl adjacent to an activating group) is 1. The summed E-state index contributed by atoms with van der Waals surface area (Å²) < 4.78 is 14.2. The predicted octanol–water partition coefficient (Wildman–Crippen LogP) is 5.03. The number of halogens is 2. The molecule has 0 bridgehead atoms. The van der Waals surface area contributed by atoms with Gasteiger partial charge in [0, 0.05) is 5.54 Å². The number of hydrogen-bond donors (Lipinski definition) is 1. The number of rotatable bonds is 6. The molecule has 0 aromatic heterocycles. The van der Waals surface area contributed by atoms with E-state index in [1.165, 1.54) is 11.6 Å². The lowest BCUT2D eigenvalue weighted by molar-refractivity contribution is -0.0492. The molecule has 0 saturated heterocycles. The molecule has 0 unspecified atom stereocenters. The van der Waals surface area contributed by atoms with Crippen molar-refractivity contribution in [3.8, 4) is 0 Å². The molecule has 0 atom stereocenters. The summed E-state index contributed by atoms with van der Waals surface area (Å²) in [5.74, 6) is -0.126. The second-order valence-electron chi connectivity index (χ2n) is 8.10. The Morgan fingerprint density at radius 1 is 0.926 bits per heavy atom. The summed E-state index contributed by atoms with van der Waals surface area (Å²) >= 11 is 0. The van der Waals surface area contributed by atoms with Gasteiger partial charge in [0.25, 0.3) is 0 Å². The zero-order valence-electron chi connectivity index (χ0n) is 16.3. The molecule has 2 nitrogen and oxygen atoms in total. The number of nitrogens with zero attached hydrogens (tertiary/aromatic N) is 1. The van der Waals surface area contributed by atoms with E-state index in [2.05, 4.69) is 31.1 Å². The lowest BCUT2D eigenvalue weighted by Crippen LogP contribution is -2.52. The molecule has 1 fully saturated rings. The minimum atomic E-state index is -0.607. The first kappa shape index (κ1) is 21.9. The normalized spacial score (nSPS) is 25.2. The van der Waals surface area contributed by atoms with Gasteiger partial charge in [-0.25, -0.2) is 4.39 Å². The van der Waals surface area contributed by atoms with Crippen molar-refractivity contribution in [2.45, 2.75) is 56.1 Å². The predicted molar refractivity (Wildman–Crippen MR) is 112 cm³/mol. The molecule has 1 saturated carbocycles. The third-order valence-electron chi connectivity index (χ3n) is 6.26. The van der Waals surface area contributed by atoms with Gasteiger partial charge in [0.2, 0.25) is 0 Å². The topological polar surface area (TPSA) is 23.5 Å². The molecular weight excluding hydrogens is 361 g/mol. The van der Waals surface area contributed by atoms with E-state index in [1.807, 2.05) is 30.3 Å². The van der Waals surface area contributed by atoms with Crippen LogP contribution in [0.5, 0.6) is 0 Å². The van der Waals surface area contributed by atoms with E-state index in [1.54, 1.807) is 6.07 Å². The summed E-state index contributed by atoms with van der Waals surface area (Å²) in [6, 6.07) is 17.4. The molecule has 0 amide bonds. The van der Waals surface area contributed by atoms with Crippen molar-refractivity contribution in [1.29, 1.82) is 0 Å². The van der Waals surface area contributed by atoms with Gasteiger partial charge in [-0.15, -0.1) is 12.4 Å². The second kappa shape index (κ2) is 9.18. The Balaban J connectivity index is 0.00000261. The summed E-state index contributed by atoms with van der Waals surface area (Å²) in [4.78, 5) is 2.23. The maximum atomic E-state index is 14.2. The van der Waals surface area contributed by atoms with E-state index in [0.717, 1.165) is 44.1 Å². The first-order valence-electron chi connectivity index (χ1n) is 9.60. The Bertz CT molecular complexity index is 711. The van der Waals surface area contributed by atoms with Crippen molar-refractivity contribution in [3.05, 3.63) is 71.5 Å². The highest BCUT2D eigenvalue weighted by molar-refractivity contribution is 5.85. The van der Waals surface area contributed by atoms with Crippen LogP contribution in [0.3, 0.4) is 0 Å². The van der Waals surface area contributed by atoms with Crippen molar-refractivity contribution >= 4 is 12.4 Å². The van der Waals surface area contributed by atoms with Crippen molar-refractivity contribution in [3.63, 3.8) is 0 Å². The maximum absolute atomic E-state index is 14.2. The lowest BCUT2D eigenvalue weighted by atomic mass is 9.69. The van der Waals surface area contributed by atoms with E-state index in [9.17, 15) is 9.50 Å². The molecule has 1 aliphatic rings. The van der Waals surface area contributed by atoms with Crippen molar-refractivity contribution in [1.82, 2.24) is 4.90 Å². The summed E-state index contributed by atoms with van der Waals surface area (Å²) in [7, 11) is 4.16. The van der Waals surface area contributed by atoms with E-state index in [0.29, 0.717) is 6.42 Å². The number of benzene rings is 2.